The second kappa shape index (κ2) is 15.9. The molecule has 0 fully saturated rings. The highest BCUT2D eigenvalue weighted by atomic mass is 35.5. The molecule has 2 amide bonds. The number of benzene rings is 4. The van der Waals surface area contributed by atoms with Crippen LogP contribution in [0.1, 0.15) is 35.6 Å². The van der Waals surface area contributed by atoms with Crippen molar-refractivity contribution in [3.05, 3.63) is 135 Å². The quantitative estimate of drug-likeness (QED) is 0.170. The minimum absolute atomic E-state index is 0.133. The van der Waals surface area contributed by atoms with Gasteiger partial charge in [0.15, 0.2) is 0 Å². The summed E-state index contributed by atoms with van der Waals surface area (Å²) in [4.78, 5) is 29.6. The van der Waals surface area contributed by atoms with Crippen LogP contribution in [0.25, 0.3) is 0 Å². The number of carbonyl (C=O) groups excluding carboxylic acids is 2. The molecule has 4 aromatic rings. The van der Waals surface area contributed by atoms with Crippen molar-refractivity contribution in [3.8, 4) is 0 Å². The maximum Gasteiger partial charge on any atom is 0.243 e. The maximum absolute atomic E-state index is 13.9. The second-order valence-corrected chi connectivity index (χ2v) is 12.9. The van der Waals surface area contributed by atoms with Gasteiger partial charge in [0.2, 0.25) is 21.8 Å². The van der Waals surface area contributed by atoms with Crippen molar-refractivity contribution >= 4 is 45.0 Å². The van der Waals surface area contributed by atoms with E-state index in [0.29, 0.717) is 35.0 Å². The molecule has 0 spiro atoms. The smallest absolute Gasteiger partial charge is 0.243 e. The van der Waals surface area contributed by atoms with Crippen molar-refractivity contribution in [2.24, 2.45) is 0 Å². The molecule has 1 atom stereocenters. The molecule has 0 aromatic heterocycles. The van der Waals surface area contributed by atoms with Crippen LogP contribution in [0.2, 0.25) is 10.0 Å². The van der Waals surface area contributed by atoms with Crippen molar-refractivity contribution < 1.29 is 18.0 Å². The van der Waals surface area contributed by atoms with Gasteiger partial charge in [-0.25, -0.2) is 13.1 Å². The lowest BCUT2D eigenvalue weighted by molar-refractivity contribution is -0.141. The van der Waals surface area contributed by atoms with E-state index >= 15 is 0 Å². The van der Waals surface area contributed by atoms with Crippen molar-refractivity contribution in [2.45, 2.75) is 50.2 Å². The van der Waals surface area contributed by atoms with E-state index in [9.17, 15) is 18.0 Å². The Morgan fingerprint density at radius 3 is 2.07 bits per heavy atom. The van der Waals surface area contributed by atoms with Crippen LogP contribution >= 0.6 is 23.2 Å². The first-order valence-corrected chi connectivity index (χ1v) is 16.6. The zero-order valence-electron chi connectivity index (χ0n) is 24.4. The van der Waals surface area contributed by atoms with E-state index in [0.717, 1.165) is 16.7 Å². The van der Waals surface area contributed by atoms with E-state index in [1.54, 1.807) is 42.2 Å². The number of nitrogens with one attached hydrogen (secondary N) is 2. The molecular formula is C34H35Cl2N3O4S. The molecule has 0 radical (unpaired) electrons. The van der Waals surface area contributed by atoms with E-state index in [1.165, 1.54) is 12.1 Å². The van der Waals surface area contributed by atoms with Crippen molar-refractivity contribution in [3.63, 3.8) is 0 Å². The Bertz CT molecular complexity index is 1650. The monoisotopic (exact) mass is 651 g/mol. The Labute approximate surface area is 269 Å². The molecule has 230 valence electrons. The van der Waals surface area contributed by atoms with Crippen LogP contribution < -0.4 is 10.0 Å². The van der Waals surface area contributed by atoms with Crippen LogP contribution in [0.4, 0.5) is 0 Å². The van der Waals surface area contributed by atoms with E-state index in [4.69, 9.17) is 23.2 Å². The topological polar surface area (TPSA) is 95.6 Å². The fraction of sp³-hybridized carbons (Fsp3) is 0.235. The number of aryl methyl sites for hydroxylation is 1. The minimum atomic E-state index is -3.57. The third kappa shape index (κ3) is 9.40. The van der Waals surface area contributed by atoms with E-state index in [1.807, 2.05) is 60.7 Å². The summed E-state index contributed by atoms with van der Waals surface area (Å²) in [6.07, 6.45) is 0.829. The number of amides is 2. The molecule has 4 rings (SSSR count). The Balaban J connectivity index is 1.58. The molecule has 0 heterocycles. The third-order valence-corrected chi connectivity index (χ3v) is 9.28. The van der Waals surface area contributed by atoms with E-state index < -0.39 is 16.1 Å². The molecule has 1 unspecified atom stereocenters. The van der Waals surface area contributed by atoms with Gasteiger partial charge in [-0.1, -0.05) is 109 Å². The van der Waals surface area contributed by atoms with Crippen LogP contribution in [0.3, 0.4) is 0 Å². The summed E-state index contributed by atoms with van der Waals surface area (Å²) in [5.41, 5.74) is 3.34. The van der Waals surface area contributed by atoms with Crippen molar-refractivity contribution in [1.82, 2.24) is 14.9 Å². The average molecular weight is 653 g/mol. The number of nitrogens with zero attached hydrogens (tertiary/aromatic N) is 1. The number of hydrogen-bond donors (Lipinski definition) is 2. The molecule has 0 saturated carbocycles. The maximum atomic E-state index is 13.9. The van der Waals surface area contributed by atoms with Gasteiger partial charge in [0.1, 0.15) is 6.04 Å². The van der Waals surface area contributed by atoms with Gasteiger partial charge in [0.05, 0.1) is 4.90 Å². The summed E-state index contributed by atoms with van der Waals surface area (Å²) >= 11 is 12.4. The van der Waals surface area contributed by atoms with Gasteiger partial charge >= 0.3 is 0 Å². The SMILES string of the molecule is CCNS(=O)(=O)c1ccc(CCC(=O)N(Cc2ccccc2)C(Cc2ccccc2)C(=O)NCc2ccc(Cl)cc2Cl)cc1. The second-order valence-electron chi connectivity index (χ2n) is 10.3. The lowest BCUT2D eigenvalue weighted by Crippen LogP contribution is -2.50. The highest BCUT2D eigenvalue weighted by molar-refractivity contribution is 7.89. The fourth-order valence-electron chi connectivity index (χ4n) is 4.80. The Kier molecular flexibility index (Phi) is 12.0. The highest BCUT2D eigenvalue weighted by Crippen LogP contribution is 2.22. The van der Waals surface area contributed by atoms with Gasteiger partial charge in [-0.05, 0) is 52.9 Å². The molecule has 0 aliphatic rings. The Morgan fingerprint density at radius 1 is 0.818 bits per heavy atom. The number of halogens is 2. The van der Waals surface area contributed by atoms with Crippen molar-refractivity contribution in [1.29, 1.82) is 0 Å². The third-order valence-electron chi connectivity index (χ3n) is 7.13. The largest absolute Gasteiger partial charge is 0.350 e. The van der Waals surface area contributed by atoms with Gasteiger partial charge in [-0.2, -0.15) is 0 Å². The number of rotatable bonds is 14. The number of hydrogen-bond acceptors (Lipinski definition) is 4. The molecule has 4 aromatic carbocycles. The van der Waals surface area contributed by atoms with Gasteiger partial charge < -0.3 is 10.2 Å². The van der Waals surface area contributed by atoms with Crippen LogP contribution in [-0.2, 0) is 45.5 Å². The van der Waals surface area contributed by atoms with Gasteiger partial charge in [-0.15, -0.1) is 0 Å². The number of carbonyl (C=O) groups is 2. The molecule has 0 saturated heterocycles. The first kappa shape index (κ1) is 33.2. The summed E-state index contributed by atoms with van der Waals surface area (Å²) in [7, 11) is -3.57. The first-order chi connectivity index (χ1) is 21.2. The van der Waals surface area contributed by atoms with Crippen LogP contribution in [-0.4, -0.2) is 37.7 Å². The van der Waals surface area contributed by atoms with Crippen LogP contribution in [0.15, 0.2) is 108 Å². The molecular weight excluding hydrogens is 617 g/mol. The zero-order valence-corrected chi connectivity index (χ0v) is 26.7. The van der Waals surface area contributed by atoms with E-state index in [2.05, 4.69) is 10.0 Å². The molecule has 0 aliphatic heterocycles. The molecule has 7 nitrogen and oxygen atoms in total. The summed E-state index contributed by atoms with van der Waals surface area (Å²) in [5.74, 6) is -0.499. The molecule has 44 heavy (non-hydrogen) atoms. The first-order valence-electron chi connectivity index (χ1n) is 14.3. The molecule has 0 bridgehead atoms. The molecule has 2 N–H and O–H groups in total. The van der Waals surface area contributed by atoms with Crippen LogP contribution in [0.5, 0.6) is 0 Å². The fourth-order valence-corrected chi connectivity index (χ4v) is 6.32. The summed E-state index contributed by atoms with van der Waals surface area (Å²) < 4.78 is 27.1. The normalized spacial score (nSPS) is 12.0. The van der Waals surface area contributed by atoms with Gasteiger partial charge in [-0.3, -0.25) is 9.59 Å². The molecule has 0 aliphatic carbocycles. The summed E-state index contributed by atoms with van der Waals surface area (Å²) in [6.45, 7) is 2.43. The summed E-state index contributed by atoms with van der Waals surface area (Å²) in [5, 5.41) is 3.93. The van der Waals surface area contributed by atoms with Crippen LogP contribution in [0, 0.1) is 0 Å². The van der Waals surface area contributed by atoms with E-state index in [-0.39, 0.29) is 36.2 Å². The average Bonchev–Trinajstić information content (AvgIpc) is 3.02. The summed E-state index contributed by atoms with van der Waals surface area (Å²) in [6, 6.07) is 29.9. The van der Waals surface area contributed by atoms with Crippen molar-refractivity contribution in [2.75, 3.05) is 6.54 Å². The standard InChI is InChI=1S/C34H35Cl2N3O4S/c1-2-38-44(42,43)30-18-13-25(14-19-30)15-20-33(40)39(24-27-11-7-4-8-12-27)32(21-26-9-5-3-6-10-26)34(41)37-23-28-16-17-29(35)22-31(28)36/h3-14,16-19,22,32,38H,2,15,20-21,23-24H2,1H3,(H,37,41). The Hall–Kier alpha value is -3.69. The van der Waals surface area contributed by atoms with Gasteiger partial charge in [0.25, 0.3) is 0 Å². The lowest BCUT2D eigenvalue weighted by Gasteiger charge is -2.32. The number of sulfonamides is 1. The zero-order chi connectivity index (χ0) is 31.5. The highest BCUT2D eigenvalue weighted by Gasteiger charge is 2.30. The van der Waals surface area contributed by atoms with Gasteiger partial charge in [0, 0.05) is 42.5 Å². The Morgan fingerprint density at radius 2 is 1.45 bits per heavy atom. The predicted molar refractivity (Wildman–Crippen MR) is 175 cm³/mol. The molecule has 10 heteroatoms. The lowest BCUT2D eigenvalue weighted by atomic mass is 10.0. The minimum Gasteiger partial charge on any atom is -0.350 e. The predicted octanol–water partition coefficient (Wildman–Crippen LogP) is 6.18.